The van der Waals surface area contributed by atoms with Crippen molar-refractivity contribution in [1.29, 1.82) is 0 Å². The topological polar surface area (TPSA) is 73.3 Å². The van der Waals surface area contributed by atoms with Gasteiger partial charge in [-0.15, -0.1) is 0 Å². The standard InChI is InChI=1S/C15H15N3O3/c1-10-6-11(18-9-17-10)7-16-15(19)14-8-20-12-4-2-3-5-13(12)21-14/h2-6,9,14H,7-8H2,1H3,(H,16,19). The van der Waals surface area contributed by atoms with Crippen LogP contribution in [0.1, 0.15) is 11.4 Å². The number of rotatable bonds is 3. The molecule has 21 heavy (non-hydrogen) atoms. The summed E-state index contributed by atoms with van der Waals surface area (Å²) >= 11 is 0. The molecule has 0 spiro atoms. The third kappa shape index (κ3) is 3.10. The van der Waals surface area contributed by atoms with Crippen LogP contribution < -0.4 is 14.8 Å². The van der Waals surface area contributed by atoms with Gasteiger partial charge < -0.3 is 14.8 Å². The zero-order chi connectivity index (χ0) is 14.7. The first-order valence-corrected chi connectivity index (χ1v) is 6.66. The van der Waals surface area contributed by atoms with Crippen LogP contribution in [0.2, 0.25) is 0 Å². The first-order chi connectivity index (χ1) is 10.2. The Hall–Kier alpha value is -2.63. The van der Waals surface area contributed by atoms with Gasteiger partial charge in [0, 0.05) is 5.69 Å². The molecule has 0 saturated heterocycles. The highest BCUT2D eigenvalue weighted by Crippen LogP contribution is 2.30. The maximum atomic E-state index is 12.1. The minimum absolute atomic E-state index is 0.200. The first kappa shape index (κ1) is 13.4. The van der Waals surface area contributed by atoms with Gasteiger partial charge in [0.15, 0.2) is 11.5 Å². The van der Waals surface area contributed by atoms with E-state index in [1.807, 2.05) is 31.2 Å². The molecule has 1 aliphatic heterocycles. The van der Waals surface area contributed by atoms with E-state index < -0.39 is 6.10 Å². The second kappa shape index (κ2) is 5.78. The quantitative estimate of drug-likeness (QED) is 0.918. The van der Waals surface area contributed by atoms with Gasteiger partial charge in [-0.25, -0.2) is 9.97 Å². The number of fused-ring (bicyclic) bond motifs is 1. The lowest BCUT2D eigenvalue weighted by molar-refractivity contribution is -0.130. The number of amides is 1. The van der Waals surface area contributed by atoms with Crippen molar-refractivity contribution < 1.29 is 14.3 Å². The van der Waals surface area contributed by atoms with Gasteiger partial charge in [0.1, 0.15) is 12.9 Å². The van der Waals surface area contributed by atoms with E-state index in [-0.39, 0.29) is 12.5 Å². The van der Waals surface area contributed by atoms with Crippen LogP contribution in [-0.2, 0) is 11.3 Å². The van der Waals surface area contributed by atoms with E-state index in [4.69, 9.17) is 9.47 Å². The van der Waals surface area contributed by atoms with Crippen molar-refractivity contribution >= 4 is 5.91 Å². The predicted octanol–water partition coefficient (Wildman–Crippen LogP) is 1.24. The fourth-order valence-electron chi connectivity index (χ4n) is 2.05. The third-order valence-corrected chi connectivity index (χ3v) is 3.11. The smallest absolute Gasteiger partial charge is 0.265 e. The van der Waals surface area contributed by atoms with E-state index in [9.17, 15) is 4.79 Å². The Kier molecular flexibility index (Phi) is 3.68. The van der Waals surface area contributed by atoms with Crippen LogP contribution in [0.25, 0.3) is 0 Å². The fraction of sp³-hybridized carbons (Fsp3) is 0.267. The lowest BCUT2D eigenvalue weighted by Crippen LogP contribution is -2.43. The Morgan fingerprint density at radius 3 is 2.95 bits per heavy atom. The van der Waals surface area contributed by atoms with Crippen LogP contribution in [0.15, 0.2) is 36.7 Å². The van der Waals surface area contributed by atoms with Crippen LogP contribution in [0, 0.1) is 6.92 Å². The number of nitrogens with zero attached hydrogens (tertiary/aromatic N) is 2. The Morgan fingerprint density at radius 2 is 2.14 bits per heavy atom. The molecule has 3 rings (SSSR count). The average molecular weight is 285 g/mol. The summed E-state index contributed by atoms with van der Waals surface area (Å²) < 4.78 is 11.2. The summed E-state index contributed by atoms with van der Waals surface area (Å²) in [4.78, 5) is 20.2. The van der Waals surface area contributed by atoms with Crippen LogP contribution in [0.5, 0.6) is 11.5 Å². The second-order valence-corrected chi connectivity index (χ2v) is 4.73. The van der Waals surface area contributed by atoms with Crippen molar-refractivity contribution in [3.05, 3.63) is 48.0 Å². The fourth-order valence-corrected chi connectivity index (χ4v) is 2.05. The summed E-state index contributed by atoms with van der Waals surface area (Å²) in [5, 5.41) is 2.79. The minimum Gasteiger partial charge on any atom is -0.485 e. The van der Waals surface area contributed by atoms with Crippen molar-refractivity contribution in [3.8, 4) is 11.5 Å². The number of nitrogens with one attached hydrogen (secondary N) is 1. The van der Waals surface area contributed by atoms with E-state index in [0.29, 0.717) is 18.0 Å². The highest BCUT2D eigenvalue weighted by molar-refractivity contribution is 5.81. The van der Waals surface area contributed by atoms with Crippen molar-refractivity contribution in [1.82, 2.24) is 15.3 Å². The van der Waals surface area contributed by atoms with Gasteiger partial charge in [0.25, 0.3) is 5.91 Å². The van der Waals surface area contributed by atoms with Crippen LogP contribution in [0.4, 0.5) is 0 Å². The van der Waals surface area contributed by atoms with Gasteiger partial charge in [-0.05, 0) is 25.1 Å². The molecule has 1 aromatic carbocycles. The third-order valence-electron chi connectivity index (χ3n) is 3.11. The number of aryl methyl sites for hydroxylation is 1. The molecule has 0 aliphatic carbocycles. The number of carbonyl (C=O) groups is 1. The van der Waals surface area contributed by atoms with Crippen LogP contribution in [-0.4, -0.2) is 28.6 Å². The van der Waals surface area contributed by atoms with Gasteiger partial charge in [0.05, 0.1) is 12.2 Å². The van der Waals surface area contributed by atoms with E-state index in [2.05, 4.69) is 15.3 Å². The predicted molar refractivity (Wildman–Crippen MR) is 75.0 cm³/mol. The number of benzene rings is 1. The highest BCUT2D eigenvalue weighted by Gasteiger charge is 2.26. The van der Waals surface area contributed by atoms with Crippen molar-refractivity contribution in [3.63, 3.8) is 0 Å². The molecule has 0 bridgehead atoms. The summed E-state index contributed by atoms with van der Waals surface area (Å²) in [5.41, 5.74) is 1.62. The largest absolute Gasteiger partial charge is 0.485 e. The zero-order valence-electron chi connectivity index (χ0n) is 11.6. The molecular formula is C15H15N3O3. The maximum absolute atomic E-state index is 12.1. The van der Waals surface area contributed by atoms with Gasteiger partial charge in [-0.3, -0.25) is 4.79 Å². The van der Waals surface area contributed by atoms with Gasteiger partial charge in [0.2, 0.25) is 6.10 Å². The number of para-hydroxylation sites is 2. The SMILES string of the molecule is Cc1cc(CNC(=O)C2COc3ccccc3O2)ncn1. The second-order valence-electron chi connectivity index (χ2n) is 4.73. The van der Waals surface area contributed by atoms with Crippen LogP contribution >= 0.6 is 0 Å². The molecule has 1 amide bonds. The minimum atomic E-state index is -0.650. The molecule has 6 nitrogen and oxygen atoms in total. The Morgan fingerprint density at radius 1 is 1.33 bits per heavy atom. The van der Waals surface area contributed by atoms with Crippen molar-refractivity contribution in [2.24, 2.45) is 0 Å². The first-order valence-electron chi connectivity index (χ1n) is 6.66. The van der Waals surface area contributed by atoms with Crippen molar-refractivity contribution in [2.45, 2.75) is 19.6 Å². The van der Waals surface area contributed by atoms with E-state index in [1.54, 1.807) is 6.07 Å². The summed E-state index contributed by atoms with van der Waals surface area (Å²) in [6.07, 6.45) is 0.829. The molecule has 1 aromatic heterocycles. The van der Waals surface area contributed by atoms with Gasteiger partial charge in [-0.2, -0.15) is 0 Å². The number of hydrogen-bond acceptors (Lipinski definition) is 5. The average Bonchev–Trinajstić information content (AvgIpc) is 2.52. The van der Waals surface area contributed by atoms with Gasteiger partial charge in [-0.1, -0.05) is 12.1 Å². The molecule has 1 aliphatic rings. The highest BCUT2D eigenvalue weighted by atomic mass is 16.6. The monoisotopic (exact) mass is 285 g/mol. The summed E-state index contributed by atoms with van der Waals surface area (Å²) in [7, 11) is 0. The molecule has 108 valence electrons. The van der Waals surface area contributed by atoms with Crippen molar-refractivity contribution in [2.75, 3.05) is 6.61 Å². The summed E-state index contributed by atoms with van der Waals surface area (Å²) in [6.45, 7) is 2.41. The summed E-state index contributed by atoms with van der Waals surface area (Å²) in [5.74, 6) is 1.02. The molecule has 1 N–H and O–H groups in total. The maximum Gasteiger partial charge on any atom is 0.265 e. The Labute approximate surface area is 122 Å². The molecule has 0 radical (unpaired) electrons. The number of ether oxygens (including phenoxy) is 2. The number of carbonyl (C=O) groups excluding carboxylic acids is 1. The molecule has 1 atom stereocenters. The molecular weight excluding hydrogens is 270 g/mol. The van der Waals surface area contributed by atoms with E-state index in [0.717, 1.165) is 11.4 Å². The molecule has 0 fully saturated rings. The molecule has 6 heteroatoms. The Balaban J connectivity index is 1.59. The summed E-state index contributed by atoms with van der Waals surface area (Å²) in [6, 6.07) is 9.12. The number of hydrogen-bond donors (Lipinski definition) is 1. The normalized spacial score (nSPS) is 16.3. The van der Waals surface area contributed by atoms with Gasteiger partial charge >= 0.3 is 0 Å². The Bertz CT molecular complexity index is 660. The molecule has 1 unspecified atom stereocenters. The lowest BCUT2D eigenvalue weighted by atomic mass is 10.2. The molecule has 2 heterocycles. The lowest BCUT2D eigenvalue weighted by Gasteiger charge is -2.25. The van der Waals surface area contributed by atoms with E-state index in [1.165, 1.54) is 6.33 Å². The number of aromatic nitrogens is 2. The zero-order valence-corrected chi connectivity index (χ0v) is 11.6. The van der Waals surface area contributed by atoms with E-state index >= 15 is 0 Å². The molecule has 0 saturated carbocycles. The van der Waals surface area contributed by atoms with Crippen LogP contribution in [0.3, 0.4) is 0 Å². The molecule has 2 aromatic rings.